The molecule has 3 aromatic rings. The first kappa shape index (κ1) is 16.9. The van der Waals surface area contributed by atoms with E-state index in [9.17, 15) is 0 Å². The van der Waals surface area contributed by atoms with E-state index in [0.29, 0.717) is 5.95 Å². The third kappa shape index (κ3) is 4.53. The molecule has 2 aromatic carbocycles. The van der Waals surface area contributed by atoms with Gasteiger partial charge in [0.05, 0.1) is 6.20 Å². The molecule has 5 heteroatoms. The molecule has 128 valence electrons. The summed E-state index contributed by atoms with van der Waals surface area (Å²) in [7, 11) is 0. The van der Waals surface area contributed by atoms with E-state index < -0.39 is 0 Å². The van der Waals surface area contributed by atoms with Crippen LogP contribution in [0.25, 0.3) is 0 Å². The molecule has 5 nitrogen and oxygen atoms in total. The van der Waals surface area contributed by atoms with E-state index in [0.717, 1.165) is 31.0 Å². The van der Waals surface area contributed by atoms with Crippen LogP contribution in [0.1, 0.15) is 25.0 Å². The highest BCUT2D eigenvalue weighted by molar-refractivity contribution is 5.54. The van der Waals surface area contributed by atoms with Crippen LogP contribution in [-0.2, 0) is 13.0 Å². The van der Waals surface area contributed by atoms with Gasteiger partial charge >= 0.3 is 0 Å². The molecule has 0 unspecified atom stereocenters. The van der Waals surface area contributed by atoms with Gasteiger partial charge in [-0.05, 0) is 36.6 Å². The van der Waals surface area contributed by atoms with Gasteiger partial charge in [-0.1, -0.05) is 49.4 Å². The number of nitrogens with one attached hydrogen (secondary N) is 1. The Hall–Kier alpha value is -2.95. The summed E-state index contributed by atoms with van der Waals surface area (Å²) >= 11 is 0. The highest BCUT2D eigenvalue weighted by Gasteiger charge is 2.09. The summed E-state index contributed by atoms with van der Waals surface area (Å²) in [6.45, 7) is 5.89. The summed E-state index contributed by atoms with van der Waals surface area (Å²) in [5.41, 5.74) is 3.51. The molecule has 0 amide bonds. The Labute approximate surface area is 148 Å². The number of benzene rings is 2. The maximum Gasteiger partial charge on any atom is 0.249 e. The van der Waals surface area contributed by atoms with Crippen molar-refractivity contribution in [2.45, 2.75) is 26.8 Å². The van der Waals surface area contributed by atoms with Gasteiger partial charge in [0.25, 0.3) is 0 Å². The molecule has 0 saturated heterocycles. The fourth-order valence-corrected chi connectivity index (χ4v) is 2.61. The molecule has 0 aliphatic heterocycles. The number of hydrogen-bond donors (Lipinski definition) is 1. The zero-order valence-electron chi connectivity index (χ0n) is 14.7. The molecule has 0 bridgehead atoms. The van der Waals surface area contributed by atoms with Crippen molar-refractivity contribution in [1.29, 1.82) is 0 Å². The zero-order valence-corrected chi connectivity index (χ0v) is 14.7. The number of rotatable bonds is 7. The molecule has 0 radical (unpaired) electrons. The first-order chi connectivity index (χ1) is 12.3. The topological polar surface area (TPSA) is 53.9 Å². The van der Waals surface area contributed by atoms with Crippen molar-refractivity contribution in [3.05, 3.63) is 71.9 Å². The minimum absolute atomic E-state index is 0.508. The van der Waals surface area contributed by atoms with E-state index in [2.05, 4.69) is 63.5 Å². The van der Waals surface area contributed by atoms with E-state index in [1.54, 1.807) is 6.20 Å². The van der Waals surface area contributed by atoms with Gasteiger partial charge < -0.3 is 10.2 Å². The van der Waals surface area contributed by atoms with Crippen LogP contribution in [0.5, 0.6) is 0 Å². The van der Waals surface area contributed by atoms with Gasteiger partial charge in [0.15, 0.2) is 5.82 Å². The Morgan fingerprint density at radius 1 is 0.920 bits per heavy atom. The lowest BCUT2D eigenvalue weighted by molar-refractivity contribution is 0.798. The predicted octanol–water partition coefficient (Wildman–Crippen LogP) is 4.20. The van der Waals surface area contributed by atoms with Crippen LogP contribution < -0.4 is 10.2 Å². The number of aromatic nitrogens is 3. The van der Waals surface area contributed by atoms with E-state index in [-0.39, 0.29) is 0 Å². The SMILES string of the molecule is CCc1ccc(Nc2nncc(N(CC)Cc3ccccc3)n2)cc1. The van der Waals surface area contributed by atoms with Gasteiger partial charge in [-0.2, -0.15) is 10.1 Å². The molecule has 1 heterocycles. The second-order valence-corrected chi connectivity index (χ2v) is 5.81. The molecule has 0 atom stereocenters. The van der Waals surface area contributed by atoms with Gasteiger partial charge in [0.2, 0.25) is 5.95 Å². The van der Waals surface area contributed by atoms with Crippen LogP contribution in [0.3, 0.4) is 0 Å². The molecule has 0 aliphatic carbocycles. The molecule has 1 N–H and O–H groups in total. The molecule has 0 aliphatic rings. The van der Waals surface area contributed by atoms with Crippen molar-refractivity contribution in [2.75, 3.05) is 16.8 Å². The van der Waals surface area contributed by atoms with E-state index in [1.165, 1.54) is 11.1 Å². The fraction of sp³-hybridized carbons (Fsp3) is 0.250. The number of hydrogen-bond acceptors (Lipinski definition) is 5. The largest absolute Gasteiger partial charge is 0.351 e. The van der Waals surface area contributed by atoms with Gasteiger partial charge in [-0.15, -0.1) is 5.10 Å². The summed E-state index contributed by atoms with van der Waals surface area (Å²) in [5, 5.41) is 11.4. The normalized spacial score (nSPS) is 10.5. The third-order valence-electron chi connectivity index (χ3n) is 4.09. The maximum atomic E-state index is 4.62. The van der Waals surface area contributed by atoms with E-state index >= 15 is 0 Å². The van der Waals surface area contributed by atoms with Crippen LogP contribution in [0.2, 0.25) is 0 Å². The average Bonchev–Trinajstić information content (AvgIpc) is 2.68. The monoisotopic (exact) mass is 333 g/mol. The smallest absolute Gasteiger partial charge is 0.249 e. The van der Waals surface area contributed by atoms with Gasteiger partial charge in [-0.3, -0.25) is 0 Å². The molecule has 25 heavy (non-hydrogen) atoms. The molecule has 1 aromatic heterocycles. The van der Waals surface area contributed by atoms with Crippen molar-refractivity contribution in [2.24, 2.45) is 0 Å². The Morgan fingerprint density at radius 2 is 1.68 bits per heavy atom. The quantitative estimate of drug-likeness (QED) is 0.702. The first-order valence-electron chi connectivity index (χ1n) is 8.63. The van der Waals surface area contributed by atoms with Crippen molar-refractivity contribution in [1.82, 2.24) is 15.2 Å². The van der Waals surface area contributed by atoms with Gasteiger partial charge in [0, 0.05) is 18.8 Å². The predicted molar refractivity (Wildman–Crippen MR) is 102 cm³/mol. The van der Waals surface area contributed by atoms with Crippen LogP contribution >= 0.6 is 0 Å². The fourth-order valence-electron chi connectivity index (χ4n) is 2.61. The van der Waals surface area contributed by atoms with Crippen molar-refractivity contribution >= 4 is 17.5 Å². The Balaban J connectivity index is 1.74. The summed E-state index contributed by atoms with van der Waals surface area (Å²) < 4.78 is 0. The lowest BCUT2D eigenvalue weighted by Crippen LogP contribution is -2.23. The summed E-state index contributed by atoms with van der Waals surface area (Å²) in [5.74, 6) is 1.32. The Morgan fingerprint density at radius 3 is 2.36 bits per heavy atom. The van der Waals surface area contributed by atoms with Crippen LogP contribution in [0.4, 0.5) is 17.5 Å². The number of anilines is 3. The minimum atomic E-state index is 0.508. The van der Waals surface area contributed by atoms with Crippen LogP contribution in [-0.4, -0.2) is 21.7 Å². The third-order valence-corrected chi connectivity index (χ3v) is 4.09. The van der Waals surface area contributed by atoms with Crippen molar-refractivity contribution in [3.63, 3.8) is 0 Å². The molecule has 0 saturated carbocycles. The molecule has 0 spiro atoms. The van der Waals surface area contributed by atoms with E-state index in [4.69, 9.17) is 0 Å². The minimum Gasteiger partial charge on any atom is -0.351 e. The lowest BCUT2D eigenvalue weighted by Gasteiger charge is -2.21. The lowest BCUT2D eigenvalue weighted by atomic mass is 10.1. The molecular formula is C20H23N5. The standard InChI is InChI=1S/C20H23N5/c1-3-16-10-12-18(13-11-16)22-20-23-19(14-21-24-20)25(4-2)15-17-8-6-5-7-9-17/h5-14H,3-4,15H2,1-2H3,(H,22,23,24). The van der Waals surface area contributed by atoms with E-state index in [1.807, 2.05) is 30.3 Å². The Kier molecular flexibility index (Phi) is 5.57. The van der Waals surface area contributed by atoms with Gasteiger partial charge in [0.1, 0.15) is 0 Å². The molecular weight excluding hydrogens is 310 g/mol. The zero-order chi connectivity index (χ0) is 17.5. The maximum absolute atomic E-state index is 4.62. The second kappa shape index (κ2) is 8.24. The highest BCUT2D eigenvalue weighted by atomic mass is 15.3. The summed E-state index contributed by atoms with van der Waals surface area (Å²) in [6, 6.07) is 18.6. The molecule has 0 fully saturated rings. The summed E-state index contributed by atoms with van der Waals surface area (Å²) in [4.78, 5) is 6.80. The number of nitrogens with zero attached hydrogens (tertiary/aromatic N) is 4. The van der Waals surface area contributed by atoms with Gasteiger partial charge in [-0.25, -0.2) is 0 Å². The molecule has 3 rings (SSSR count). The Bertz CT molecular complexity index is 787. The van der Waals surface area contributed by atoms with Crippen LogP contribution in [0, 0.1) is 0 Å². The van der Waals surface area contributed by atoms with Crippen molar-refractivity contribution < 1.29 is 0 Å². The summed E-state index contributed by atoms with van der Waals surface area (Å²) in [6.07, 6.45) is 2.73. The average molecular weight is 333 g/mol. The van der Waals surface area contributed by atoms with Crippen molar-refractivity contribution in [3.8, 4) is 0 Å². The number of aryl methyl sites for hydroxylation is 1. The second-order valence-electron chi connectivity index (χ2n) is 5.81. The highest BCUT2D eigenvalue weighted by Crippen LogP contribution is 2.18. The van der Waals surface area contributed by atoms with Crippen LogP contribution in [0.15, 0.2) is 60.8 Å². The first-order valence-corrected chi connectivity index (χ1v) is 8.63.